The maximum absolute atomic E-state index is 5.36. The number of nitrogens with one attached hydrogen (secondary N) is 2. The van der Waals surface area contributed by atoms with Crippen molar-refractivity contribution in [2.75, 3.05) is 60.0 Å². The van der Waals surface area contributed by atoms with Gasteiger partial charge in [-0.25, -0.2) is 0 Å². The van der Waals surface area contributed by atoms with Crippen LogP contribution in [0.25, 0.3) is 0 Å². The van der Waals surface area contributed by atoms with Gasteiger partial charge in [-0.2, -0.15) is 0 Å². The summed E-state index contributed by atoms with van der Waals surface area (Å²) in [6, 6.07) is 1.34. The van der Waals surface area contributed by atoms with Crippen LogP contribution in [0.1, 0.15) is 19.8 Å². The van der Waals surface area contributed by atoms with Gasteiger partial charge < -0.3 is 15.4 Å². The number of aliphatic imine (C=N–C) groups is 1. The summed E-state index contributed by atoms with van der Waals surface area (Å²) in [6.45, 7) is 8.97. The molecule has 1 saturated carbocycles. The van der Waals surface area contributed by atoms with Gasteiger partial charge in [-0.3, -0.25) is 14.8 Å². The van der Waals surface area contributed by atoms with Crippen molar-refractivity contribution in [2.24, 2.45) is 4.99 Å². The molecule has 1 heterocycles. The number of likely N-dealkylation sites (N-methyl/N-ethyl adjacent to an activating group) is 1. The zero-order valence-electron chi connectivity index (χ0n) is 14.2. The van der Waals surface area contributed by atoms with Gasteiger partial charge in [0.1, 0.15) is 0 Å². The van der Waals surface area contributed by atoms with E-state index in [2.05, 4.69) is 39.4 Å². The van der Waals surface area contributed by atoms with Gasteiger partial charge in [0.05, 0.1) is 13.2 Å². The monoisotopic (exact) mass is 425 g/mol. The minimum Gasteiger partial charge on any atom is -0.379 e. The smallest absolute Gasteiger partial charge is 0.191 e. The SMILES string of the molecule is CN=C(NCCN1CCOCC1)NCC(C)N(C)C1CC1.I. The highest BCUT2D eigenvalue weighted by Gasteiger charge is 2.28. The summed E-state index contributed by atoms with van der Waals surface area (Å²) in [6.07, 6.45) is 2.71. The van der Waals surface area contributed by atoms with Crippen LogP contribution >= 0.6 is 24.0 Å². The largest absolute Gasteiger partial charge is 0.379 e. The zero-order valence-corrected chi connectivity index (χ0v) is 16.5. The van der Waals surface area contributed by atoms with E-state index in [1.807, 2.05) is 7.05 Å². The van der Waals surface area contributed by atoms with Gasteiger partial charge in [-0.05, 0) is 26.8 Å². The van der Waals surface area contributed by atoms with Gasteiger partial charge in [0.15, 0.2) is 5.96 Å². The van der Waals surface area contributed by atoms with E-state index >= 15 is 0 Å². The molecule has 22 heavy (non-hydrogen) atoms. The molecular weight excluding hydrogens is 393 g/mol. The Labute approximate surface area is 152 Å². The maximum atomic E-state index is 5.36. The molecule has 1 atom stereocenters. The van der Waals surface area contributed by atoms with Gasteiger partial charge in [0, 0.05) is 51.9 Å². The molecule has 2 N–H and O–H groups in total. The Morgan fingerprint density at radius 2 is 2.00 bits per heavy atom. The van der Waals surface area contributed by atoms with Crippen molar-refractivity contribution >= 4 is 29.9 Å². The molecule has 0 spiro atoms. The van der Waals surface area contributed by atoms with Gasteiger partial charge in [-0.15, -0.1) is 24.0 Å². The third-order valence-corrected chi connectivity index (χ3v) is 4.43. The van der Waals surface area contributed by atoms with Gasteiger partial charge in [-0.1, -0.05) is 0 Å². The molecule has 0 aromatic heterocycles. The molecule has 2 fully saturated rings. The molecule has 130 valence electrons. The summed E-state index contributed by atoms with van der Waals surface area (Å²) in [4.78, 5) is 9.19. The van der Waals surface area contributed by atoms with E-state index in [1.54, 1.807) is 0 Å². The predicted octanol–water partition coefficient (Wildman–Crippen LogP) is 0.584. The number of hydrogen-bond donors (Lipinski definition) is 2. The number of guanidine groups is 1. The minimum absolute atomic E-state index is 0. The van der Waals surface area contributed by atoms with Crippen molar-refractivity contribution in [3.8, 4) is 0 Å². The molecule has 0 radical (unpaired) electrons. The number of ether oxygens (including phenoxy) is 1. The van der Waals surface area contributed by atoms with Crippen molar-refractivity contribution in [3.05, 3.63) is 0 Å². The average Bonchev–Trinajstić information content (AvgIpc) is 3.35. The van der Waals surface area contributed by atoms with Gasteiger partial charge in [0.25, 0.3) is 0 Å². The van der Waals surface area contributed by atoms with E-state index in [0.29, 0.717) is 6.04 Å². The topological polar surface area (TPSA) is 52.1 Å². The van der Waals surface area contributed by atoms with Crippen LogP contribution in [0.15, 0.2) is 4.99 Å². The van der Waals surface area contributed by atoms with Crippen LogP contribution in [0.2, 0.25) is 0 Å². The second-order valence-corrected chi connectivity index (χ2v) is 6.08. The molecule has 0 aromatic carbocycles. The molecule has 0 bridgehead atoms. The molecule has 1 aliphatic heterocycles. The van der Waals surface area contributed by atoms with Crippen molar-refractivity contribution in [3.63, 3.8) is 0 Å². The molecular formula is C15H32IN5O. The Balaban J connectivity index is 0.00000242. The maximum Gasteiger partial charge on any atom is 0.191 e. The number of hydrogen-bond acceptors (Lipinski definition) is 4. The molecule has 1 saturated heterocycles. The fourth-order valence-corrected chi connectivity index (χ4v) is 2.61. The number of morpholine rings is 1. The van der Waals surface area contributed by atoms with E-state index in [9.17, 15) is 0 Å². The van der Waals surface area contributed by atoms with Gasteiger partial charge >= 0.3 is 0 Å². The van der Waals surface area contributed by atoms with Crippen molar-refractivity contribution < 1.29 is 4.74 Å². The Bertz CT molecular complexity index is 332. The summed E-state index contributed by atoms with van der Waals surface area (Å²) in [7, 11) is 4.05. The predicted molar refractivity (Wildman–Crippen MR) is 102 cm³/mol. The van der Waals surface area contributed by atoms with E-state index in [0.717, 1.165) is 57.9 Å². The summed E-state index contributed by atoms with van der Waals surface area (Å²) in [5, 5.41) is 6.82. The average molecular weight is 425 g/mol. The fraction of sp³-hybridized carbons (Fsp3) is 0.933. The van der Waals surface area contributed by atoms with Crippen LogP contribution in [-0.4, -0.2) is 87.9 Å². The van der Waals surface area contributed by atoms with Crippen LogP contribution < -0.4 is 10.6 Å². The standard InChI is InChI=1S/C15H31N5O.HI/c1-13(19(3)14-4-5-14)12-18-15(16-2)17-6-7-20-8-10-21-11-9-20;/h13-14H,4-12H2,1-3H3,(H2,16,17,18);1H. The zero-order chi connectivity index (χ0) is 15.1. The first-order valence-corrected chi connectivity index (χ1v) is 8.17. The van der Waals surface area contributed by atoms with Gasteiger partial charge in [0.2, 0.25) is 0 Å². The van der Waals surface area contributed by atoms with Crippen molar-refractivity contribution in [2.45, 2.75) is 31.8 Å². The van der Waals surface area contributed by atoms with Crippen molar-refractivity contribution in [1.29, 1.82) is 0 Å². The summed E-state index contributed by atoms with van der Waals surface area (Å²) < 4.78 is 5.36. The highest BCUT2D eigenvalue weighted by Crippen LogP contribution is 2.26. The lowest BCUT2D eigenvalue weighted by Gasteiger charge is -2.27. The molecule has 0 aromatic rings. The molecule has 1 aliphatic carbocycles. The van der Waals surface area contributed by atoms with Crippen LogP contribution in [0.5, 0.6) is 0 Å². The first-order valence-electron chi connectivity index (χ1n) is 8.17. The quantitative estimate of drug-likeness (QED) is 0.355. The normalized spacial score (nSPS) is 21.4. The van der Waals surface area contributed by atoms with E-state index in [1.165, 1.54) is 12.8 Å². The number of halogens is 1. The Morgan fingerprint density at radius 1 is 1.32 bits per heavy atom. The second-order valence-electron chi connectivity index (χ2n) is 6.08. The Morgan fingerprint density at radius 3 is 2.59 bits per heavy atom. The summed E-state index contributed by atoms with van der Waals surface area (Å²) in [5.74, 6) is 0.902. The van der Waals surface area contributed by atoms with Crippen LogP contribution in [0, 0.1) is 0 Å². The molecule has 7 heteroatoms. The summed E-state index contributed by atoms with van der Waals surface area (Å²) in [5.41, 5.74) is 0. The third-order valence-electron chi connectivity index (χ3n) is 4.43. The highest BCUT2D eigenvalue weighted by atomic mass is 127. The minimum atomic E-state index is 0. The molecule has 2 rings (SSSR count). The lowest BCUT2D eigenvalue weighted by Crippen LogP contribution is -2.47. The Hall–Kier alpha value is -0.120. The van der Waals surface area contributed by atoms with Crippen LogP contribution in [0.3, 0.4) is 0 Å². The number of rotatable bonds is 7. The van der Waals surface area contributed by atoms with E-state index < -0.39 is 0 Å². The molecule has 1 unspecified atom stereocenters. The molecule has 0 amide bonds. The molecule has 2 aliphatic rings. The van der Waals surface area contributed by atoms with E-state index in [4.69, 9.17) is 4.74 Å². The number of nitrogens with zero attached hydrogens (tertiary/aromatic N) is 3. The Kier molecular flexibility index (Phi) is 9.62. The third kappa shape index (κ3) is 6.97. The second kappa shape index (κ2) is 10.6. The molecule has 6 nitrogen and oxygen atoms in total. The lowest BCUT2D eigenvalue weighted by atomic mass is 10.3. The van der Waals surface area contributed by atoms with Crippen LogP contribution in [-0.2, 0) is 4.74 Å². The highest BCUT2D eigenvalue weighted by molar-refractivity contribution is 14.0. The first-order chi connectivity index (χ1) is 10.2. The summed E-state index contributed by atoms with van der Waals surface area (Å²) >= 11 is 0. The van der Waals surface area contributed by atoms with Crippen LogP contribution in [0.4, 0.5) is 0 Å². The fourth-order valence-electron chi connectivity index (χ4n) is 2.61. The van der Waals surface area contributed by atoms with Crippen molar-refractivity contribution in [1.82, 2.24) is 20.4 Å². The first kappa shape index (κ1) is 19.9. The van der Waals surface area contributed by atoms with E-state index in [-0.39, 0.29) is 24.0 Å². The lowest BCUT2D eigenvalue weighted by molar-refractivity contribution is 0.0389.